The number of nitrogens with one attached hydrogen (secondary N) is 1. The Morgan fingerprint density at radius 1 is 1.04 bits per heavy atom. The van der Waals surface area contributed by atoms with Crippen LogP contribution in [0.25, 0.3) is 0 Å². The molecule has 0 radical (unpaired) electrons. The van der Waals surface area contributed by atoms with Crippen molar-refractivity contribution in [3.05, 3.63) is 58.1 Å². The lowest BCUT2D eigenvalue weighted by molar-refractivity contribution is 0.102. The standard InChI is InChI=1S/C19H23ClN2O3S/c1-5-13-9-12-17(20)16(6-2)18(13)21-19(23)14-7-10-15(11-8-14)26(24,25)22(3)4/h7-12H,5-6H2,1-4H3,(H,21,23). The van der Waals surface area contributed by atoms with Gasteiger partial charge in [-0.25, -0.2) is 12.7 Å². The van der Waals surface area contributed by atoms with E-state index in [9.17, 15) is 13.2 Å². The van der Waals surface area contributed by atoms with Crippen LogP contribution in [0, 0.1) is 0 Å². The Morgan fingerprint density at radius 3 is 2.15 bits per heavy atom. The van der Waals surface area contributed by atoms with Crippen molar-refractivity contribution in [2.75, 3.05) is 19.4 Å². The fourth-order valence-corrected chi connectivity index (χ4v) is 3.83. The largest absolute Gasteiger partial charge is 0.321 e. The average molecular weight is 395 g/mol. The Morgan fingerprint density at radius 2 is 1.65 bits per heavy atom. The number of nitrogens with zero attached hydrogens (tertiary/aromatic N) is 1. The van der Waals surface area contributed by atoms with Crippen LogP contribution in [0.1, 0.15) is 35.3 Å². The van der Waals surface area contributed by atoms with Crippen molar-refractivity contribution in [3.63, 3.8) is 0 Å². The molecule has 140 valence electrons. The minimum absolute atomic E-state index is 0.144. The number of sulfonamides is 1. The first-order chi connectivity index (χ1) is 12.2. The third-order valence-corrected chi connectivity index (χ3v) is 6.39. The van der Waals surface area contributed by atoms with Crippen molar-refractivity contribution in [3.8, 4) is 0 Å². The fraction of sp³-hybridized carbons (Fsp3) is 0.316. The van der Waals surface area contributed by atoms with Crippen molar-refractivity contribution in [1.29, 1.82) is 0 Å². The molecule has 0 spiro atoms. The number of hydrogen-bond donors (Lipinski definition) is 1. The van der Waals surface area contributed by atoms with Gasteiger partial charge >= 0.3 is 0 Å². The highest BCUT2D eigenvalue weighted by atomic mass is 35.5. The van der Waals surface area contributed by atoms with E-state index in [2.05, 4.69) is 5.32 Å². The minimum atomic E-state index is -3.52. The Kier molecular flexibility index (Phi) is 6.44. The van der Waals surface area contributed by atoms with E-state index in [0.717, 1.165) is 27.5 Å². The van der Waals surface area contributed by atoms with Crippen LogP contribution in [0.4, 0.5) is 5.69 Å². The fourth-order valence-electron chi connectivity index (χ4n) is 2.64. The molecule has 1 amide bonds. The van der Waals surface area contributed by atoms with E-state index >= 15 is 0 Å². The molecule has 2 rings (SSSR count). The summed E-state index contributed by atoms with van der Waals surface area (Å²) in [5, 5.41) is 3.55. The van der Waals surface area contributed by atoms with Crippen LogP contribution in [0.3, 0.4) is 0 Å². The van der Waals surface area contributed by atoms with Gasteiger partial charge in [-0.15, -0.1) is 0 Å². The molecule has 0 aromatic heterocycles. The number of benzene rings is 2. The minimum Gasteiger partial charge on any atom is -0.321 e. The highest BCUT2D eigenvalue weighted by Gasteiger charge is 2.18. The zero-order chi connectivity index (χ0) is 19.5. The van der Waals surface area contributed by atoms with E-state index in [1.807, 2.05) is 26.0 Å². The Labute approximate surface area is 160 Å². The number of halogens is 1. The van der Waals surface area contributed by atoms with Crippen molar-refractivity contribution in [1.82, 2.24) is 4.31 Å². The molecular weight excluding hydrogens is 372 g/mol. The SMILES string of the molecule is CCc1ccc(Cl)c(CC)c1NC(=O)c1ccc(S(=O)(=O)N(C)C)cc1. The van der Waals surface area contributed by atoms with Gasteiger partial charge < -0.3 is 5.32 Å². The monoisotopic (exact) mass is 394 g/mol. The third kappa shape index (κ3) is 4.09. The van der Waals surface area contributed by atoms with Gasteiger partial charge in [-0.3, -0.25) is 4.79 Å². The molecule has 2 aromatic carbocycles. The second-order valence-electron chi connectivity index (χ2n) is 6.03. The molecule has 0 unspecified atom stereocenters. The van der Waals surface area contributed by atoms with Gasteiger partial charge in [0.2, 0.25) is 10.0 Å². The van der Waals surface area contributed by atoms with Gasteiger partial charge in [-0.1, -0.05) is 31.5 Å². The normalized spacial score (nSPS) is 11.6. The molecule has 0 atom stereocenters. The van der Waals surface area contributed by atoms with Gasteiger partial charge in [-0.2, -0.15) is 0 Å². The van der Waals surface area contributed by atoms with Gasteiger partial charge in [0.25, 0.3) is 5.91 Å². The summed E-state index contributed by atoms with van der Waals surface area (Å²) >= 11 is 6.27. The second-order valence-corrected chi connectivity index (χ2v) is 8.59. The van der Waals surface area contributed by atoms with Crippen LogP contribution in [0.2, 0.25) is 5.02 Å². The average Bonchev–Trinajstić information content (AvgIpc) is 2.62. The summed E-state index contributed by atoms with van der Waals surface area (Å²) in [7, 11) is -0.589. The van der Waals surface area contributed by atoms with Gasteiger partial charge in [0, 0.05) is 30.4 Å². The second kappa shape index (κ2) is 8.20. The summed E-state index contributed by atoms with van der Waals surface area (Å²) < 4.78 is 25.4. The van der Waals surface area contributed by atoms with Crippen LogP contribution >= 0.6 is 11.6 Å². The summed E-state index contributed by atoms with van der Waals surface area (Å²) in [6, 6.07) is 9.63. The summed E-state index contributed by atoms with van der Waals surface area (Å²) in [4.78, 5) is 12.8. The summed E-state index contributed by atoms with van der Waals surface area (Å²) in [5.41, 5.74) is 3.02. The zero-order valence-corrected chi connectivity index (χ0v) is 16.9. The molecule has 0 bridgehead atoms. The van der Waals surface area contributed by atoms with Crippen molar-refractivity contribution >= 4 is 33.2 Å². The number of amides is 1. The van der Waals surface area contributed by atoms with E-state index in [1.54, 1.807) is 0 Å². The molecule has 7 heteroatoms. The number of hydrogen-bond acceptors (Lipinski definition) is 3. The van der Waals surface area contributed by atoms with Crippen LogP contribution in [-0.4, -0.2) is 32.7 Å². The van der Waals surface area contributed by atoms with Crippen LogP contribution in [0.5, 0.6) is 0 Å². The highest BCUT2D eigenvalue weighted by Crippen LogP contribution is 2.30. The molecule has 0 aliphatic rings. The zero-order valence-electron chi connectivity index (χ0n) is 15.3. The van der Waals surface area contributed by atoms with Crippen LogP contribution in [-0.2, 0) is 22.9 Å². The van der Waals surface area contributed by atoms with Crippen molar-refractivity contribution < 1.29 is 13.2 Å². The van der Waals surface area contributed by atoms with Gasteiger partial charge in [0.05, 0.1) is 4.90 Å². The summed E-state index contributed by atoms with van der Waals surface area (Å²) in [6.45, 7) is 4.00. The maximum atomic E-state index is 12.6. The molecule has 5 nitrogen and oxygen atoms in total. The molecule has 0 aliphatic carbocycles. The summed E-state index contributed by atoms with van der Waals surface area (Å²) in [6.07, 6.45) is 1.46. The molecular formula is C19H23ClN2O3S. The molecule has 0 fully saturated rings. The van der Waals surface area contributed by atoms with Crippen molar-refractivity contribution in [2.24, 2.45) is 0 Å². The van der Waals surface area contributed by atoms with Crippen LogP contribution < -0.4 is 5.32 Å². The van der Waals surface area contributed by atoms with E-state index in [4.69, 9.17) is 11.6 Å². The lowest BCUT2D eigenvalue weighted by atomic mass is 10.0. The first kappa shape index (κ1) is 20.4. The molecule has 26 heavy (non-hydrogen) atoms. The third-order valence-electron chi connectivity index (χ3n) is 4.21. The Hall–Kier alpha value is -1.89. The molecule has 0 aliphatic heterocycles. The van der Waals surface area contributed by atoms with E-state index in [0.29, 0.717) is 17.0 Å². The number of aryl methyl sites for hydroxylation is 1. The Balaban J connectivity index is 2.33. The quantitative estimate of drug-likeness (QED) is 0.806. The molecule has 0 saturated heterocycles. The molecule has 2 aromatic rings. The first-order valence-electron chi connectivity index (χ1n) is 8.36. The highest BCUT2D eigenvalue weighted by molar-refractivity contribution is 7.89. The number of rotatable bonds is 6. The van der Waals surface area contributed by atoms with E-state index in [1.165, 1.54) is 38.4 Å². The topological polar surface area (TPSA) is 66.5 Å². The maximum absolute atomic E-state index is 12.6. The lowest BCUT2D eigenvalue weighted by Gasteiger charge is -2.16. The van der Waals surface area contributed by atoms with Gasteiger partial charge in [-0.05, 0) is 54.3 Å². The van der Waals surface area contributed by atoms with Crippen molar-refractivity contribution in [2.45, 2.75) is 31.6 Å². The Bertz CT molecular complexity index is 907. The molecule has 0 heterocycles. The number of carbonyl (C=O) groups is 1. The van der Waals surface area contributed by atoms with Crippen LogP contribution in [0.15, 0.2) is 41.3 Å². The number of anilines is 1. The first-order valence-corrected chi connectivity index (χ1v) is 10.2. The number of carbonyl (C=O) groups excluding carboxylic acids is 1. The molecule has 1 N–H and O–H groups in total. The van der Waals surface area contributed by atoms with E-state index < -0.39 is 10.0 Å². The maximum Gasteiger partial charge on any atom is 0.255 e. The van der Waals surface area contributed by atoms with Gasteiger partial charge in [0.1, 0.15) is 0 Å². The van der Waals surface area contributed by atoms with E-state index in [-0.39, 0.29) is 10.8 Å². The molecule has 0 saturated carbocycles. The summed E-state index contributed by atoms with van der Waals surface area (Å²) in [5.74, 6) is -0.300. The smallest absolute Gasteiger partial charge is 0.255 e. The predicted octanol–water partition coefficient (Wildman–Crippen LogP) is 3.97. The van der Waals surface area contributed by atoms with Gasteiger partial charge in [0.15, 0.2) is 0 Å². The predicted molar refractivity (Wildman–Crippen MR) is 105 cm³/mol. The lowest BCUT2D eigenvalue weighted by Crippen LogP contribution is -2.22.